The maximum Gasteiger partial charge on any atom is 0.206 e. The number of hydrogen-bond acceptors (Lipinski definition) is 4. The number of fused-ring (bicyclic) bond motifs is 3. The van der Waals surface area contributed by atoms with E-state index in [4.69, 9.17) is 10.2 Å². The van der Waals surface area contributed by atoms with E-state index in [1.165, 1.54) is 17.5 Å². The van der Waals surface area contributed by atoms with E-state index >= 15 is 0 Å². The minimum absolute atomic E-state index is 0.569. The number of nitriles is 1. The number of imidazole rings is 1. The van der Waals surface area contributed by atoms with Gasteiger partial charge in [0.15, 0.2) is 0 Å². The van der Waals surface area contributed by atoms with E-state index < -0.39 is 0 Å². The van der Waals surface area contributed by atoms with Crippen molar-refractivity contribution in [3.63, 3.8) is 0 Å². The molecule has 0 saturated carbocycles. The molecule has 3 fully saturated rings. The Bertz CT molecular complexity index is 1000. The molecule has 0 spiro atoms. The molecular formula is C21H21N5. The molecule has 0 aliphatic carbocycles. The van der Waals surface area contributed by atoms with Crippen LogP contribution >= 0.6 is 0 Å². The summed E-state index contributed by atoms with van der Waals surface area (Å²) in [7, 11) is 2.11. The van der Waals surface area contributed by atoms with E-state index in [0.29, 0.717) is 12.1 Å². The summed E-state index contributed by atoms with van der Waals surface area (Å²) in [6, 6.07) is 19.7. The predicted molar refractivity (Wildman–Crippen MR) is 102 cm³/mol. The summed E-state index contributed by atoms with van der Waals surface area (Å²) in [5.41, 5.74) is 4.23. The van der Waals surface area contributed by atoms with Crippen LogP contribution < -0.4 is 4.90 Å². The van der Waals surface area contributed by atoms with Gasteiger partial charge in [-0.2, -0.15) is 5.26 Å². The first-order valence-electron chi connectivity index (χ1n) is 9.14. The molecule has 0 radical (unpaired) electrons. The summed E-state index contributed by atoms with van der Waals surface area (Å²) in [5, 5.41) is 9.10. The molecular weight excluding hydrogens is 322 g/mol. The lowest BCUT2D eigenvalue weighted by atomic mass is 9.87. The monoisotopic (exact) mass is 343 g/mol. The summed E-state index contributed by atoms with van der Waals surface area (Å²) in [6.07, 6.45) is 1.26. The largest absolute Gasteiger partial charge is 0.339 e. The molecule has 0 N–H and O–H groups in total. The lowest BCUT2D eigenvalue weighted by molar-refractivity contribution is -0.00908. The fourth-order valence-corrected chi connectivity index (χ4v) is 4.47. The molecule has 3 aliphatic rings. The molecule has 0 amide bonds. The fourth-order valence-electron chi connectivity index (χ4n) is 4.47. The first-order chi connectivity index (χ1) is 12.7. The summed E-state index contributed by atoms with van der Waals surface area (Å²) in [4.78, 5) is 9.87. The second-order valence-electron chi connectivity index (χ2n) is 7.39. The van der Waals surface area contributed by atoms with Gasteiger partial charge in [-0.15, -0.1) is 0 Å². The smallest absolute Gasteiger partial charge is 0.206 e. The molecule has 1 aromatic heterocycles. The molecule has 5 nitrogen and oxygen atoms in total. The molecule has 4 heterocycles. The molecule has 3 saturated heterocycles. The number of piperidine rings is 1. The highest BCUT2D eigenvalue weighted by molar-refractivity contribution is 5.78. The van der Waals surface area contributed by atoms with Gasteiger partial charge in [0.25, 0.3) is 0 Å². The number of anilines is 1. The van der Waals surface area contributed by atoms with Crippen LogP contribution in [0, 0.1) is 11.3 Å². The second-order valence-corrected chi connectivity index (χ2v) is 7.39. The first kappa shape index (κ1) is 15.4. The maximum absolute atomic E-state index is 9.10. The van der Waals surface area contributed by atoms with Crippen molar-refractivity contribution >= 4 is 17.0 Å². The Morgan fingerprint density at radius 2 is 1.92 bits per heavy atom. The van der Waals surface area contributed by atoms with Gasteiger partial charge in [-0.3, -0.25) is 4.90 Å². The van der Waals surface area contributed by atoms with Crippen molar-refractivity contribution in [3.8, 4) is 6.07 Å². The van der Waals surface area contributed by atoms with Crippen molar-refractivity contribution < 1.29 is 0 Å². The standard InChI is InChI=1S/C21H21N5/c1-24-20-8-3-2-7-19(20)23-21(24)25-13-17-10-18(14-25)26(17)12-16-6-4-5-15(9-16)11-22/h2-9,17-18H,10,12-14H2,1H3. The van der Waals surface area contributed by atoms with Crippen LogP contribution in [0.4, 0.5) is 5.95 Å². The van der Waals surface area contributed by atoms with Crippen molar-refractivity contribution in [1.29, 1.82) is 5.26 Å². The number of aromatic nitrogens is 2. The quantitative estimate of drug-likeness (QED) is 0.734. The SMILES string of the molecule is Cn1c(N2CC3CC(C2)N3Cc2cccc(C#N)c2)nc2ccccc21. The maximum atomic E-state index is 9.10. The zero-order valence-electron chi connectivity index (χ0n) is 14.8. The highest BCUT2D eigenvalue weighted by atomic mass is 15.4. The van der Waals surface area contributed by atoms with Crippen LogP contribution in [-0.4, -0.2) is 39.6 Å². The summed E-state index contributed by atoms with van der Waals surface area (Å²) >= 11 is 0. The van der Waals surface area contributed by atoms with Gasteiger partial charge in [-0.25, -0.2) is 4.98 Å². The molecule has 2 aromatic carbocycles. The Morgan fingerprint density at radius 1 is 1.12 bits per heavy atom. The zero-order valence-corrected chi connectivity index (χ0v) is 14.8. The minimum atomic E-state index is 0.569. The van der Waals surface area contributed by atoms with Crippen molar-refractivity contribution in [2.45, 2.75) is 25.0 Å². The van der Waals surface area contributed by atoms with Gasteiger partial charge in [0.1, 0.15) is 0 Å². The van der Waals surface area contributed by atoms with Crippen molar-refractivity contribution in [2.75, 3.05) is 18.0 Å². The average Bonchev–Trinajstić information content (AvgIpc) is 3.03. The van der Waals surface area contributed by atoms with Gasteiger partial charge in [0.2, 0.25) is 5.95 Å². The van der Waals surface area contributed by atoms with Gasteiger partial charge in [0.05, 0.1) is 22.7 Å². The molecule has 2 unspecified atom stereocenters. The van der Waals surface area contributed by atoms with Gasteiger partial charge in [0, 0.05) is 38.8 Å². The molecule has 3 aliphatic heterocycles. The predicted octanol–water partition coefficient (Wildman–Crippen LogP) is 2.91. The first-order valence-corrected chi connectivity index (χ1v) is 9.14. The normalized spacial score (nSPS) is 22.2. The minimum Gasteiger partial charge on any atom is -0.339 e. The van der Waals surface area contributed by atoms with Crippen LogP contribution in [0.25, 0.3) is 11.0 Å². The second kappa shape index (κ2) is 5.86. The van der Waals surface area contributed by atoms with E-state index in [-0.39, 0.29) is 0 Å². The van der Waals surface area contributed by atoms with Crippen LogP contribution in [0.3, 0.4) is 0 Å². The molecule has 5 heteroatoms. The number of aryl methyl sites for hydroxylation is 1. The average molecular weight is 343 g/mol. The van der Waals surface area contributed by atoms with E-state index in [1.54, 1.807) is 0 Å². The number of nitrogens with zero attached hydrogens (tertiary/aromatic N) is 5. The molecule has 26 heavy (non-hydrogen) atoms. The molecule has 2 bridgehead atoms. The van der Waals surface area contributed by atoms with Crippen molar-refractivity contribution in [3.05, 3.63) is 59.7 Å². The van der Waals surface area contributed by atoms with Crippen molar-refractivity contribution in [1.82, 2.24) is 14.5 Å². The molecule has 130 valence electrons. The number of hydrogen-bond donors (Lipinski definition) is 0. The summed E-state index contributed by atoms with van der Waals surface area (Å²) in [5.74, 6) is 1.08. The number of rotatable bonds is 3. The van der Waals surface area contributed by atoms with Gasteiger partial charge >= 0.3 is 0 Å². The Morgan fingerprint density at radius 3 is 2.69 bits per heavy atom. The zero-order chi connectivity index (χ0) is 17.7. The van der Waals surface area contributed by atoms with E-state index in [0.717, 1.165) is 36.7 Å². The molecule has 2 atom stereocenters. The fraction of sp³-hybridized carbons (Fsp3) is 0.333. The summed E-state index contributed by atoms with van der Waals surface area (Å²) in [6.45, 7) is 2.97. The van der Waals surface area contributed by atoms with Gasteiger partial charge in [-0.1, -0.05) is 24.3 Å². The van der Waals surface area contributed by atoms with Gasteiger partial charge in [-0.05, 0) is 36.2 Å². The van der Waals surface area contributed by atoms with Crippen LogP contribution in [0.15, 0.2) is 48.5 Å². The van der Waals surface area contributed by atoms with E-state index in [1.807, 2.05) is 24.3 Å². The third kappa shape index (κ3) is 2.38. The highest BCUT2D eigenvalue weighted by Crippen LogP contribution is 2.36. The van der Waals surface area contributed by atoms with Crippen LogP contribution in [0.2, 0.25) is 0 Å². The Hall–Kier alpha value is -2.84. The van der Waals surface area contributed by atoms with Crippen LogP contribution in [0.5, 0.6) is 0 Å². The lowest BCUT2D eigenvalue weighted by Crippen LogP contribution is -2.68. The van der Waals surface area contributed by atoms with E-state index in [9.17, 15) is 0 Å². The Balaban J connectivity index is 1.34. The Kier molecular flexibility index (Phi) is 3.47. The third-order valence-corrected chi connectivity index (χ3v) is 5.81. The van der Waals surface area contributed by atoms with Crippen LogP contribution in [0.1, 0.15) is 17.5 Å². The number of benzene rings is 2. The lowest BCUT2D eigenvalue weighted by Gasteiger charge is -2.56. The third-order valence-electron chi connectivity index (χ3n) is 5.81. The van der Waals surface area contributed by atoms with Crippen molar-refractivity contribution in [2.24, 2.45) is 7.05 Å². The Labute approximate surface area is 153 Å². The molecule has 3 aromatic rings. The van der Waals surface area contributed by atoms with E-state index in [2.05, 4.69) is 51.7 Å². The molecule has 6 rings (SSSR count). The number of para-hydroxylation sites is 2. The number of piperazine rings is 1. The highest BCUT2D eigenvalue weighted by Gasteiger charge is 2.45. The van der Waals surface area contributed by atoms with Crippen LogP contribution in [-0.2, 0) is 13.6 Å². The topological polar surface area (TPSA) is 48.1 Å². The van der Waals surface area contributed by atoms with Gasteiger partial charge < -0.3 is 9.47 Å². The summed E-state index contributed by atoms with van der Waals surface area (Å²) < 4.78 is 2.21.